The van der Waals surface area contributed by atoms with E-state index in [0.717, 1.165) is 44.6 Å². The average molecular weight is 702 g/mol. The number of benzene rings is 9. The molecule has 0 fully saturated rings. The van der Waals surface area contributed by atoms with E-state index in [0.29, 0.717) is 0 Å². The van der Waals surface area contributed by atoms with Gasteiger partial charge < -0.3 is 9.32 Å². The standard InChI is InChI=1S/C53H35NO/c1-4-15-36(16-5-1)38-27-30-42(31-28-38)54(43-32-29-37-17-10-11-18-39(37)35-43)49-26-14-24-44-45-33-34-48-50(52(45)55-51(44)49)46-23-12-13-25-47(46)53(48,40-19-6-2-7-20-40)41-21-8-3-9-22-41/h1-35H. The Bertz CT molecular complexity index is 2980. The molecule has 0 saturated carbocycles. The van der Waals surface area contributed by atoms with Gasteiger partial charge in [-0.25, -0.2) is 0 Å². The zero-order valence-corrected chi connectivity index (χ0v) is 30.1. The molecule has 0 atom stereocenters. The molecule has 1 aliphatic carbocycles. The third-order valence-corrected chi connectivity index (χ3v) is 11.5. The molecule has 258 valence electrons. The van der Waals surface area contributed by atoms with Gasteiger partial charge in [-0.05, 0) is 80.0 Å². The van der Waals surface area contributed by atoms with Crippen LogP contribution in [0.1, 0.15) is 22.3 Å². The highest BCUT2D eigenvalue weighted by Gasteiger charge is 2.47. The Kier molecular flexibility index (Phi) is 7.11. The van der Waals surface area contributed by atoms with E-state index in [1.54, 1.807) is 0 Å². The lowest BCUT2D eigenvalue weighted by molar-refractivity contribution is 0.669. The van der Waals surface area contributed by atoms with Crippen molar-refractivity contribution in [3.63, 3.8) is 0 Å². The third kappa shape index (κ3) is 4.75. The Balaban J connectivity index is 1.17. The van der Waals surface area contributed by atoms with E-state index in [1.165, 1.54) is 49.7 Å². The maximum absolute atomic E-state index is 7.31. The smallest absolute Gasteiger partial charge is 0.159 e. The van der Waals surface area contributed by atoms with E-state index >= 15 is 0 Å². The van der Waals surface area contributed by atoms with Gasteiger partial charge in [0.1, 0.15) is 5.58 Å². The molecule has 11 rings (SSSR count). The molecule has 55 heavy (non-hydrogen) atoms. The van der Waals surface area contributed by atoms with Gasteiger partial charge >= 0.3 is 0 Å². The molecule has 0 unspecified atom stereocenters. The van der Waals surface area contributed by atoms with Gasteiger partial charge in [-0.15, -0.1) is 0 Å². The monoisotopic (exact) mass is 701 g/mol. The summed E-state index contributed by atoms with van der Waals surface area (Å²) < 4.78 is 7.31. The summed E-state index contributed by atoms with van der Waals surface area (Å²) in [7, 11) is 0. The lowest BCUT2D eigenvalue weighted by atomic mass is 9.68. The topological polar surface area (TPSA) is 16.4 Å². The summed E-state index contributed by atoms with van der Waals surface area (Å²) in [4.78, 5) is 2.35. The van der Waals surface area contributed by atoms with Crippen LogP contribution in [0.3, 0.4) is 0 Å². The van der Waals surface area contributed by atoms with Gasteiger partial charge in [0.15, 0.2) is 5.58 Å². The summed E-state index contributed by atoms with van der Waals surface area (Å²) in [5.41, 5.74) is 14.1. The second-order valence-electron chi connectivity index (χ2n) is 14.4. The highest BCUT2D eigenvalue weighted by molar-refractivity contribution is 6.15. The Hall–Kier alpha value is -7.16. The lowest BCUT2D eigenvalue weighted by Crippen LogP contribution is -2.28. The first-order valence-electron chi connectivity index (χ1n) is 18.9. The van der Waals surface area contributed by atoms with Crippen LogP contribution in [0, 0.1) is 0 Å². The fraction of sp³-hybridized carbons (Fsp3) is 0.0189. The SMILES string of the molecule is c1ccc(-c2ccc(N(c3ccc4ccccc4c3)c3cccc4c3oc3c5c(ccc34)C(c3ccccc3)(c3ccccc3)c3ccccc3-5)cc2)cc1. The lowest BCUT2D eigenvalue weighted by Gasteiger charge is -2.33. The molecule has 0 N–H and O–H groups in total. The van der Waals surface area contributed by atoms with Gasteiger partial charge in [0.05, 0.1) is 11.1 Å². The number of nitrogens with zero attached hydrogens (tertiary/aromatic N) is 1. The first-order chi connectivity index (χ1) is 27.3. The van der Waals surface area contributed by atoms with Gasteiger partial charge in [-0.1, -0.05) is 182 Å². The minimum atomic E-state index is -0.498. The average Bonchev–Trinajstić information content (AvgIpc) is 3.80. The van der Waals surface area contributed by atoms with E-state index in [2.05, 4.69) is 217 Å². The summed E-state index contributed by atoms with van der Waals surface area (Å²) in [6.45, 7) is 0. The van der Waals surface area contributed by atoms with Crippen LogP contribution in [-0.4, -0.2) is 0 Å². The maximum Gasteiger partial charge on any atom is 0.159 e. The summed E-state index contributed by atoms with van der Waals surface area (Å²) in [6.07, 6.45) is 0. The first kappa shape index (κ1) is 31.4. The van der Waals surface area contributed by atoms with Crippen molar-refractivity contribution < 1.29 is 4.42 Å². The van der Waals surface area contributed by atoms with Crippen LogP contribution >= 0.6 is 0 Å². The third-order valence-electron chi connectivity index (χ3n) is 11.5. The highest BCUT2D eigenvalue weighted by Crippen LogP contribution is 2.58. The second kappa shape index (κ2) is 12.5. The molecule has 1 aliphatic rings. The van der Waals surface area contributed by atoms with E-state index < -0.39 is 5.41 Å². The Morgan fingerprint density at radius 1 is 0.382 bits per heavy atom. The van der Waals surface area contributed by atoms with Crippen LogP contribution in [0.5, 0.6) is 0 Å². The number of rotatable bonds is 6. The van der Waals surface area contributed by atoms with Crippen molar-refractivity contribution in [2.75, 3.05) is 4.90 Å². The molecular formula is C53H35NO. The van der Waals surface area contributed by atoms with Crippen molar-refractivity contribution in [1.29, 1.82) is 0 Å². The molecule has 0 spiro atoms. The van der Waals surface area contributed by atoms with Crippen molar-refractivity contribution in [3.8, 4) is 22.3 Å². The van der Waals surface area contributed by atoms with Gasteiger partial charge in [-0.2, -0.15) is 0 Å². The fourth-order valence-electron chi connectivity index (χ4n) is 9.12. The summed E-state index contributed by atoms with van der Waals surface area (Å²) in [5, 5.41) is 4.61. The molecule has 2 nitrogen and oxygen atoms in total. The van der Waals surface area contributed by atoms with Crippen LogP contribution in [0.25, 0.3) is 55.0 Å². The molecule has 0 amide bonds. The molecular weight excluding hydrogens is 667 g/mol. The number of hydrogen-bond donors (Lipinski definition) is 0. The van der Waals surface area contributed by atoms with E-state index in [1.807, 2.05) is 0 Å². The van der Waals surface area contributed by atoms with Crippen LogP contribution < -0.4 is 4.90 Å². The zero-order chi connectivity index (χ0) is 36.3. The molecule has 0 saturated heterocycles. The van der Waals surface area contributed by atoms with Crippen molar-refractivity contribution in [1.82, 2.24) is 0 Å². The normalized spacial score (nSPS) is 12.9. The van der Waals surface area contributed by atoms with E-state index in [4.69, 9.17) is 4.42 Å². The number of fused-ring (bicyclic) bond motifs is 8. The highest BCUT2D eigenvalue weighted by atomic mass is 16.3. The van der Waals surface area contributed by atoms with Gasteiger partial charge in [0, 0.05) is 27.7 Å². The molecule has 9 aromatic carbocycles. The fourth-order valence-corrected chi connectivity index (χ4v) is 9.12. The second-order valence-corrected chi connectivity index (χ2v) is 14.4. The predicted octanol–water partition coefficient (Wildman–Crippen LogP) is 14.2. The van der Waals surface area contributed by atoms with Crippen LogP contribution in [0.2, 0.25) is 0 Å². The molecule has 1 aromatic heterocycles. The summed E-state index contributed by atoms with van der Waals surface area (Å²) in [6, 6.07) is 76.7. The molecule has 10 aromatic rings. The first-order valence-corrected chi connectivity index (χ1v) is 18.9. The van der Waals surface area contributed by atoms with Gasteiger partial charge in [-0.3, -0.25) is 0 Å². The number of hydrogen-bond acceptors (Lipinski definition) is 2. The molecule has 0 radical (unpaired) electrons. The number of anilines is 3. The van der Waals surface area contributed by atoms with E-state index in [-0.39, 0.29) is 0 Å². The molecule has 2 heteroatoms. The van der Waals surface area contributed by atoms with Crippen molar-refractivity contribution in [3.05, 3.63) is 235 Å². The summed E-state index contributed by atoms with van der Waals surface area (Å²) >= 11 is 0. The Labute approximate surface area is 320 Å². The molecule has 1 heterocycles. The Morgan fingerprint density at radius 2 is 0.982 bits per heavy atom. The van der Waals surface area contributed by atoms with Crippen molar-refractivity contribution in [2.24, 2.45) is 0 Å². The maximum atomic E-state index is 7.31. The minimum Gasteiger partial charge on any atom is -0.453 e. The largest absolute Gasteiger partial charge is 0.453 e. The van der Waals surface area contributed by atoms with Crippen LogP contribution in [-0.2, 0) is 5.41 Å². The van der Waals surface area contributed by atoms with Crippen molar-refractivity contribution in [2.45, 2.75) is 5.41 Å². The number of furan rings is 1. The van der Waals surface area contributed by atoms with Crippen LogP contribution in [0.4, 0.5) is 17.1 Å². The van der Waals surface area contributed by atoms with Crippen molar-refractivity contribution >= 4 is 49.8 Å². The zero-order valence-electron chi connectivity index (χ0n) is 30.1. The van der Waals surface area contributed by atoms with Gasteiger partial charge in [0.2, 0.25) is 0 Å². The van der Waals surface area contributed by atoms with E-state index in [9.17, 15) is 0 Å². The predicted molar refractivity (Wildman–Crippen MR) is 229 cm³/mol. The minimum absolute atomic E-state index is 0.498. The Morgan fingerprint density at radius 3 is 1.73 bits per heavy atom. The number of para-hydroxylation sites is 1. The molecule has 0 aliphatic heterocycles. The summed E-state index contributed by atoms with van der Waals surface area (Å²) in [5.74, 6) is 0. The van der Waals surface area contributed by atoms with Crippen LogP contribution in [0.15, 0.2) is 217 Å². The molecule has 0 bridgehead atoms. The van der Waals surface area contributed by atoms with Gasteiger partial charge in [0.25, 0.3) is 0 Å². The quantitative estimate of drug-likeness (QED) is 0.172.